The third kappa shape index (κ3) is 3.74. The Kier molecular flexibility index (Phi) is 5.61. The fourth-order valence-electron chi connectivity index (χ4n) is 3.12. The van der Waals surface area contributed by atoms with Gasteiger partial charge in [-0.15, -0.1) is 11.3 Å². The van der Waals surface area contributed by atoms with E-state index >= 15 is 0 Å². The lowest BCUT2D eigenvalue weighted by Crippen LogP contribution is -2.16. The molecular weight excluding hydrogens is 390 g/mol. The molecule has 0 bridgehead atoms. The minimum absolute atomic E-state index is 0.0161. The minimum atomic E-state index is -3.92. The molecule has 1 aromatic heterocycles. The maximum atomic E-state index is 12.9. The van der Waals surface area contributed by atoms with Crippen molar-refractivity contribution in [1.82, 2.24) is 0 Å². The molecule has 0 saturated heterocycles. The molecule has 0 saturated carbocycles. The molecule has 1 aliphatic rings. The van der Waals surface area contributed by atoms with Crippen LogP contribution in [0.5, 0.6) is 11.5 Å². The summed E-state index contributed by atoms with van der Waals surface area (Å²) in [4.78, 5) is 13.3. The van der Waals surface area contributed by atoms with E-state index in [1.807, 2.05) is 0 Å². The number of methoxy groups -OCH3 is 3. The van der Waals surface area contributed by atoms with Gasteiger partial charge in [-0.2, -0.15) is 0 Å². The van der Waals surface area contributed by atoms with Crippen molar-refractivity contribution in [1.29, 1.82) is 0 Å². The maximum Gasteiger partial charge on any atom is 0.341 e. The molecule has 7 nitrogen and oxygen atoms in total. The Labute approximate surface area is 162 Å². The summed E-state index contributed by atoms with van der Waals surface area (Å²) in [7, 11) is 0.286. The molecule has 0 radical (unpaired) electrons. The molecule has 1 aromatic carbocycles. The lowest BCUT2D eigenvalue weighted by atomic mass is 9.95. The van der Waals surface area contributed by atoms with Gasteiger partial charge in [-0.05, 0) is 43.4 Å². The van der Waals surface area contributed by atoms with Crippen molar-refractivity contribution in [2.45, 2.75) is 30.6 Å². The largest absolute Gasteiger partial charge is 0.493 e. The number of rotatable bonds is 6. The Balaban J connectivity index is 2.01. The van der Waals surface area contributed by atoms with Crippen molar-refractivity contribution < 1.29 is 27.4 Å². The molecule has 9 heteroatoms. The van der Waals surface area contributed by atoms with E-state index in [4.69, 9.17) is 14.2 Å². The Morgan fingerprint density at radius 3 is 2.44 bits per heavy atom. The zero-order valence-corrected chi connectivity index (χ0v) is 17.0. The van der Waals surface area contributed by atoms with Crippen LogP contribution in [0.3, 0.4) is 0 Å². The van der Waals surface area contributed by atoms with E-state index in [1.54, 1.807) is 0 Å². The van der Waals surface area contributed by atoms with Gasteiger partial charge in [0.15, 0.2) is 11.5 Å². The number of hydrogen-bond acceptors (Lipinski definition) is 7. The van der Waals surface area contributed by atoms with Gasteiger partial charge in [-0.25, -0.2) is 13.2 Å². The van der Waals surface area contributed by atoms with Crippen LogP contribution in [0.2, 0.25) is 0 Å². The molecule has 0 aliphatic heterocycles. The molecule has 146 valence electrons. The standard InChI is InChI=1S/C18H21NO6S2/c1-23-13-9-8-11(10-14(13)24-2)27(21,22)19-17-16(18(20)25-3)12-6-4-5-7-15(12)26-17/h8-10,19H,4-7H2,1-3H3. The van der Waals surface area contributed by atoms with E-state index < -0.39 is 16.0 Å². The fraction of sp³-hybridized carbons (Fsp3) is 0.389. The van der Waals surface area contributed by atoms with Gasteiger partial charge in [0.2, 0.25) is 0 Å². The van der Waals surface area contributed by atoms with E-state index in [0.29, 0.717) is 22.1 Å². The number of hydrogen-bond donors (Lipinski definition) is 1. The summed E-state index contributed by atoms with van der Waals surface area (Å²) in [5.74, 6) is 0.205. The van der Waals surface area contributed by atoms with E-state index in [-0.39, 0.29) is 4.90 Å². The zero-order valence-electron chi connectivity index (χ0n) is 15.3. The molecular formula is C18H21NO6S2. The summed E-state index contributed by atoms with van der Waals surface area (Å²) in [6, 6.07) is 4.33. The molecule has 1 N–H and O–H groups in total. The van der Waals surface area contributed by atoms with Crippen LogP contribution in [0.25, 0.3) is 0 Å². The predicted molar refractivity (Wildman–Crippen MR) is 103 cm³/mol. The lowest BCUT2D eigenvalue weighted by Gasteiger charge is -2.13. The van der Waals surface area contributed by atoms with Crippen molar-refractivity contribution in [2.24, 2.45) is 0 Å². The molecule has 27 heavy (non-hydrogen) atoms. The van der Waals surface area contributed by atoms with Gasteiger partial charge in [0.1, 0.15) is 5.00 Å². The number of ether oxygens (including phenoxy) is 3. The first-order chi connectivity index (χ1) is 12.9. The summed E-state index contributed by atoms with van der Waals surface area (Å²) >= 11 is 1.30. The van der Waals surface area contributed by atoms with E-state index in [1.165, 1.54) is 50.9 Å². The molecule has 0 fully saturated rings. The Morgan fingerprint density at radius 2 is 1.78 bits per heavy atom. The highest BCUT2D eigenvalue weighted by Gasteiger charge is 2.29. The number of thiophene rings is 1. The van der Waals surface area contributed by atoms with Crippen LogP contribution in [0.1, 0.15) is 33.6 Å². The smallest absolute Gasteiger partial charge is 0.341 e. The van der Waals surface area contributed by atoms with Crippen LogP contribution in [0.15, 0.2) is 23.1 Å². The quantitative estimate of drug-likeness (QED) is 0.734. The van der Waals surface area contributed by atoms with E-state index in [2.05, 4.69) is 4.72 Å². The summed E-state index contributed by atoms with van der Waals surface area (Å²) < 4.78 is 43.5. The molecule has 0 amide bonds. The van der Waals surface area contributed by atoms with Gasteiger partial charge in [0.05, 0.1) is 31.8 Å². The third-order valence-corrected chi connectivity index (χ3v) is 7.14. The van der Waals surface area contributed by atoms with Crippen LogP contribution in [-0.4, -0.2) is 35.7 Å². The van der Waals surface area contributed by atoms with Crippen molar-refractivity contribution >= 4 is 32.3 Å². The number of benzene rings is 1. The average Bonchev–Trinajstić information content (AvgIpc) is 3.03. The lowest BCUT2D eigenvalue weighted by molar-refractivity contribution is 0.0601. The second-order valence-electron chi connectivity index (χ2n) is 6.03. The Morgan fingerprint density at radius 1 is 1.07 bits per heavy atom. The minimum Gasteiger partial charge on any atom is -0.493 e. The number of aryl methyl sites for hydroxylation is 1. The summed E-state index contributed by atoms with van der Waals surface area (Å²) in [5, 5.41) is 0.295. The topological polar surface area (TPSA) is 90.9 Å². The van der Waals surface area contributed by atoms with Crippen LogP contribution < -0.4 is 14.2 Å². The zero-order chi connectivity index (χ0) is 19.6. The van der Waals surface area contributed by atoms with Crippen molar-refractivity contribution in [3.8, 4) is 11.5 Å². The monoisotopic (exact) mass is 411 g/mol. The highest BCUT2D eigenvalue weighted by atomic mass is 32.2. The first kappa shape index (κ1) is 19.5. The summed E-state index contributed by atoms with van der Waals surface area (Å²) in [6.07, 6.45) is 3.57. The van der Waals surface area contributed by atoms with Gasteiger partial charge in [-0.3, -0.25) is 4.72 Å². The first-order valence-corrected chi connectivity index (χ1v) is 10.7. The molecule has 1 aliphatic carbocycles. The predicted octanol–water partition coefficient (Wildman–Crippen LogP) is 3.23. The Bertz CT molecular complexity index is 964. The summed E-state index contributed by atoms with van der Waals surface area (Å²) in [6.45, 7) is 0. The van der Waals surface area contributed by atoms with Gasteiger partial charge >= 0.3 is 5.97 Å². The second kappa shape index (κ2) is 7.77. The fourth-order valence-corrected chi connectivity index (χ4v) is 5.72. The highest BCUT2D eigenvalue weighted by Crippen LogP contribution is 2.40. The highest BCUT2D eigenvalue weighted by molar-refractivity contribution is 7.93. The average molecular weight is 412 g/mol. The molecule has 2 aromatic rings. The SMILES string of the molecule is COC(=O)c1c(NS(=O)(=O)c2ccc(OC)c(OC)c2)sc2c1CCCC2. The maximum absolute atomic E-state index is 12.9. The molecule has 1 heterocycles. The normalized spacial score (nSPS) is 13.6. The summed E-state index contributed by atoms with van der Waals surface area (Å²) in [5.41, 5.74) is 1.21. The van der Waals surface area contributed by atoms with Crippen LogP contribution in [0.4, 0.5) is 5.00 Å². The van der Waals surface area contributed by atoms with E-state index in [9.17, 15) is 13.2 Å². The van der Waals surface area contributed by atoms with E-state index in [0.717, 1.165) is 36.1 Å². The first-order valence-electron chi connectivity index (χ1n) is 8.39. The van der Waals surface area contributed by atoms with Gasteiger partial charge in [0.25, 0.3) is 10.0 Å². The number of carbonyl (C=O) groups is 1. The molecule has 0 spiro atoms. The number of anilines is 1. The van der Waals surface area contributed by atoms with Crippen LogP contribution in [0, 0.1) is 0 Å². The Hall–Kier alpha value is -2.26. The van der Waals surface area contributed by atoms with Gasteiger partial charge in [0, 0.05) is 10.9 Å². The van der Waals surface area contributed by atoms with Crippen molar-refractivity contribution in [3.05, 3.63) is 34.2 Å². The van der Waals surface area contributed by atoms with Crippen LogP contribution in [-0.2, 0) is 27.6 Å². The second-order valence-corrected chi connectivity index (χ2v) is 8.82. The number of fused-ring (bicyclic) bond motifs is 1. The van der Waals surface area contributed by atoms with Crippen molar-refractivity contribution in [2.75, 3.05) is 26.1 Å². The number of nitrogens with one attached hydrogen (secondary N) is 1. The number of carbonyl (C=O) groups excluding carboxylic acids is 1. The molecule has 0 unspecified atom stereocenters. The third-order valence-electron chi connectivity index (χ3n) is 4.45. The van der Waals surface area contributed by atoms with Crippen molar-refractivity contribution in [3.63, 3.8) is 0 Å². The van der Waals surface area contributed by atoms with Gasteiger partial charge in [-0.1, -0.05) is 0 Å². The van der Waals surface area contributed by atoms with Crippen LogP contribution >= 0.6 is 11.3 Å². The molecule has 3 rings (SSSR count). The van der Waals surface area contributed by atoms with Gasteiger partial charge < -0.3 is 14.2 Å². The molecule has 0 atom stereocenters. The number of sulfonamides is 1. The number of esters is 1.